The molecule has 6 nitrogen and oxygen atoms in total. The molecule has 0 unspecified atom stereocenters. The lowest BCUT2D eigenvalue weighted by Crippen LogP contribution is -2.34. The van der Waals surface area contributed by atoms with Gasteiger partial charge in [-0.15, -0.1) is 11.6 Å². The topological polar surface area (TPSA) is 107 Å². The molecule has 0 fully saturated rings. The number of hydrogen-bond donors (Lipinski definition) is 4. The third-order valence-electron chi connectivity index (χ3n) is 1.93. The maximum Gasteiger partial charge on any atom is 0.330 e. The summed E-state index contributed by atoms with van der Waals surface area (Å²) in [6.07, 6.45) is 0. The van der Waals surface area contributed by atoms with Crippen LogP contribution in [-0.2, 0) is 9.59 Å². The van der Waals surface area contributed by atoms with E-state index in [0.29, 0.717) is 0 Å². The number of phenols is 2. The molecule has 0 aliphatic heterocycles. The molecule has 1 atom stereocenters. The van der Waals surface area contributed by atoms with Crippen LogP contribution in [0.1, 0.15) is 11.6 Å². The molecule has 0 saturated carbocycles. The molecule has 0 saturated heterocycles. The van der Waals surface area contributed by atoms with Crippen molar-refractivity contribution in [2.24, 2.45) is 0 Å². The lowest BCUT2D eigenvalue weighted by Gasteiger charge is -2.14. The van der Waals surface area contributed by atoms with Crippen LogP contribution in [0.3, 0.4) is 0 Å². The highest BCUT2D eigenvalue weighted by atomic mass is 35.5. The minimum absolute atomic E-state index is 0.0495. The van der Waals surface area contributed by atoms with E-state index in [1.54, 1.807) is 0 Å². The van der Waals surface area contributed by atoms with Crippen molar-refractivity contribution in [2.45, 2.75) is 6.04 Å². The molecule has 1 rings (SSSR count). The smallest absolute Gasteiger partial charge is 0.330 e. The summed E-state index contributed by atoms with van der Waals surface area (Å²) in [5, 5.41) is 29.5. The Bertz CT molecular complexity index is 428. The van der Waals surface area contributed by atoms with Gasteiger partial charge in [-0.05, 0) is 17.7 Å². The number of aromatic hydroxyl groups is 2. The molecule has 1 aromatic carbocycles. The summed E-state index contributed by atoms with van der Waals surface area (Å²) < 4.78 is 0. The van der Waals surface area contributed by atoms with E-state index in [0.717, 1.165) is 18.2 Å². The van der Waals surface area contributed by atoms with E-state index in [1.165, 1.54) is 0 Å². The Labute approximate surface area is 101 Å². The van der Waals surface area contributed by atoms with Crippen LogP contribution in [0, 0.1) is 0 Å². The summed E-state index contributed by atoms with van der Waals surface area (Å²) in [6.45, 7) is 0. The van der Waals surface area contributed by atoms with Crippen molar-refractivity contribution >= 4 is 23.5 Å². The van der Waals surface area contributed by atoms with Crippen molar-refractivity contribution in [1.29, 1.82) is 0 Å². The van der Waals surface area contributed by atoms with E-state index in [-0.39, 0.29) is 22.9 Å². The lowest BCUT2D eigenvalue weighted by molar-refractivity contribution is -0.141. The number of nitrogens with one attached hydrogen (secondary N) is 1. The van der Waals surface area contributed by atoms with Crippen molar-refractivity contribution in [2.75, 3.05) is 5.88 Å². The number of alkyl halides is 1. The van der Waals surface area contributed by atoms with Gasteiger partial charge in [-0.25, -0.2) is 4.79 Å². The molecule has 1 aromatic rings. The third-order valence-corrected chi connectivity index (χ3v) is 2.17. The number of rotatable bonds is 4. The zero-order chi connectivity index (χ0) is 13.0. The number of halogens is 1. The molecular weight excluding hydrogens is 250 g/mol. The average Bonchev–Trinajstić information content (AvgIpc) is 2.23. The average molecular weight is 260 g/mol. The maximum atomic E-state index is 11.0. The van der Waals surface area contributed by atoms with Gasteiger partial charge in [0.1, 0.15) is 17.4 Å². The molecule has 0 radical (unpaired) electrons. The second-order valence-corrected chi connectivity index (χ2v) is 3.52. The molecule has 0 bridgehead atoms. The fourth-order valence-corrected chi connectivity index (χ4v) is 1.35. The van der Waals surface area contributed by atoms with Crippen LogP contribution >= 0.6 is 11.6 Å². The number of phenolic OH excluding ortho intramolecular Hbond substituents is 2. The van der Waals surface area contributed by atoms with Gasteiger partial charge in [0.05, 0.1) is 0 Å². The minimum Gasteiger partial charge on any atom is -0.508 e. The normalized spacial score (nSPS) is 11.8. The molecule has 4 N–H and O–H groups in total. The Balaban J connectivity index is 3.05. The van der Waals surface area contributed by atoms with Crippen LogP contribution in [0.5, 0.6) is 11.5 Å². The van der Waals surface area contributed by atoms with Crippen LogP contribution in [-0.4, -0.2) is 33.1 Å². The quantitative estimate of drug-likeness (QED) is 0.592. The number of amides is 1. The predicted molar refractivity (Wildman–Crippen MR) is 59.0 cm³/mol. The molecule has 1 amide bonds. The van der Waals surface area contributed by atoms with Crippen LogP contribution in [0.15, 0.2) is 18.2 Å². The molecule has 0 aliphatic rings. The van der Waals surface area contributed by atoms with E-state index in [2.05, 4.69) is 5.32 Å². The van der Waals surface area contributed by atoms with Gasteiger partial charge in [0.2, 0.25) is 5.91 Å². The standard InChI is InChI=1S/C10H10ClNO5/c11-4-8(15)12-9(10(16)17)5-1-6(13)3-7(14)2-5/h1-3,9,13-14H,4H2,(H,12,15)(H,16,17)/t9-/m1/s1. The molecular formula is C10H10ClNO5. The predicted octanol–water partition coefficient (Wildman–Crippen LogP) is 0.579. The molecule has 0 aromatic heterocycles. The number of hydrogen-bond acceptors (Lipinski definition) is 4. The highest BCUT2D eigenvalue weighted by Gasteiger charge is 2.22. The number of carboxylic acid groups (broad SMARTS) is 1. The maximum absolute atomic E-state index is 11.0. The van der Waals surface area contributed by atoms with Gasteiger partial charge in [0.15, 0.2) is 6.04 Å². The van der Waals surface area contributed by atoms with Crippen molar-refractivity contribution in [1.82, 2.24) is 5.32 Å². The van der Waals surface area contributed by atoms with Crippen LogP contribution in [0.25, 0.3) is 0 Å². The van der Waals surface area contributed by atoms with Gasteiger partial charge in [-0.3, -0.25) is 4.79 Å². The van der Waals surface area contributed by atoms with Gasteiger partial charge in [-0.2, -0.15) is 0 Å². The fraction of sp³-hybridized carbons (Fsp3) is 0.200. The summed E-state index contributed by atoms with van der Waals surface area (Å²) in [7, 11) is 0. The Kier molecular flexibility index (Phi) is 4.17. The van der Waals surface area contributed by atoms with Crippen molar-refractivity contribution in [3.05, 3.63) is 23.8 Å². The van der Waals surface area contributed by atoms with Crippen LogP contribution in [0.2, 0.25) is 0 Å². The first-order valence-corrected chi connectivity index (χ1v) is 5.08. The number of carbonyl (C=O) groups excluding carboxylic acids is 1. The van der Waals surface area contributed by atoms with Crippen LogP contribution < -0.4 is 5.32 Å². The zero-order valence-electron chi connectivity index (χ0n) is 8.55. The number of benzene rings is 1. The van der Waals surface area contributed by atoms with Gasteiger partial charge in [-0.1, -0.05) is 0 Å². The summed E-state index contributed by atoms with van der Waals surface area (Å²) in [6, 6.07) is 1.94. The SMILES string of the molecule is O=C(CCl)N[C@@H](C(=O)O)c1cc(O)cc(O)c1. The van der Waals surface area contributed by atoms with Gasteiger partial charge >= 0.3 is 5.97 Å². The molecule has 0 aliphatic carbocycles. The largest absolute Gasteiger partial charge is 0.508 e. The lowest BCUT2D eigenvalue weighted by atomic mass is 10.1. The van der Waals surface area contributed by atoms with Crippen molar-refractivity contribution < 1.29 is 24.9 Å². The van der Waals surface area contributed by atoms with E-state index >= 15 is 0 Å². The summed E-state index contributed by atoms with van der Waals surface area (Å²) in [5.41, 5.74) is 0.0495. The first-order valence-electron chi connectivity index (χ1n) is 4.55. The van der Waals surface area contributed by atoms with Crippen molar-refractivity contribution in [3.63, 3.8) is 0 Å². The fourth-order valence-electron chi connectivity index (χ4n) is 1.27. The molecule has 0 heterocycles. The monoisotopic (exact) mass is 259 g/mol. The van der Waals surface area contributed by atoms with E-state index in [1.807, 2.05) is 0 Å². The highest BCUT2D eigenvalue weighted by molar-refractivity contribution is 6.27. The minimum atomic E-state index is -1.38. The number of aliphatic carboxylic acids is 1. The number of carboxylic acids is 1. The number of carbonyl (C=O) groups is 2. The van der Waals surface area contributed by atoms with Gasteiger partial charge in [0.25, 0.3) is 0 Å². The Morgan fingerprint density at radius 3 is 2.18 bits per heavy atom. The Morgan fingerprint density at radius 1 is 1.24 bits per heavy atom. The summed E-state index contributed by atoms with van der Waals surface area (Å²) in [4.78, 5) is 22.0. The Morgan fingerprint density at radius 2 is 1.76 bits per heavy atom. The second kappa shape index (κ2) is 5.40. The highest BCUT2D eigenvalue weighted by Crippen LogP contribution is 2.25. The van der Waals surface area contributed by atoms with Gasteiger partial charge in [0, 0.05) is 6.07 Å². The Hall–Kier alpha value is -1.95. The van der Waals surface area contributed by atoms with E-state index in [9.17, 15) is 19.8 Å². The van der Waals surface area contributed by atoms with Gasteiger partial charge < -0.3 is 20.6 Å². The van der Waals surface area contributed by atoms with E-state index < -0.39 is 17.9 Å². The second-order valence-electron chi connectivity index (χ2n) is 3.26. The van der Waals surface area contributed by atoms with E-state index in [4.69, 9.17) is 16.7 Å². The first kappa shape index (κ1) is 13.1. The zero-order valence-corrected chi connectivity index (χ0v) is 9.31. The first-order chi connectivity index (χ1) is 7.93. The van der Waals surface area contributed by atoms with Crippen molar-refractivity contribution in [3.8, 4) is 11.5 Å². The summed E-state index contributed by atoms with van der Waals surface area (Å²) in [5.74, 6) is -2.97. The molecule has 92 valence electrons. The molecule has 0 spiro atoms. The van der Waals surface area contributed by atoms with Crippen LogP contribution in [0.4, 0.5) is 0 Å². The molecule has 17 heavy (non-hydrogen) atoms. The molecule has 7 heteroatoms. The third kappa shape index (κ3) is 3.53. The summed E-state index contributed by atoms with van der Waals surface area (Å²) >= 11 is 5.25.